The Hall–Kier alpha value is -1.14. The Labute approximate surface area is 93.5 Å². The number of hydrogen-bond acceptors (Lipinski definition) is 6. The lowest BCUT2D eigenvalue weighted by Crippen LogP contribution is -2.44. The molecule has 1 unspecified atom stereocenters. The van der Waals surface area contributed by atoms with Gasteiger partial charge in [-0.25, -0.2) is 0 Å². The molecule has 3 atom stereocenters. The van der Waals surface area contributed by atoms with Crippen molar-refractivity contribution in [2.75, 3.05) is 6.61 Å². The van der Waals surface area contributed by atoms with Gasteiger partial charge in [-0.1, -0.05) is 0 Å². The molecule has 6 nitrogen and oxygen atoms in total. The highest BCUT2D eigenvalue weighted by molar-refractivity contribution is 5.66. The van der Waals surface area contributed by atoms with E-state index in [1.807, 2.05) is 0 Å². The molecule has 0 saturated carbocycles. The average Bonchev–Trinajstić information content (AvgIpc) is 2.17. The Morgan fingerprint density at radius 3 is 2.56 bits per heavy atom. The fourth-order valence-electron chi connectivity index (χ4n) is 1.54. The van der Waals surface area contributed by atoms with Crippen LogP contribution in [0.2, 0.25) is 0 Å². The van der Waals surface area contributed by atoms with Crippen LogP contribution in [0.5, 0.6) is 0 Å². The van der Waals surface area contributed by atoms with E-state index in [2.05, 4.69) is 0 Å². The number of esters is 2. The maximum atomic E-state index is 10.8. The summed E-state index contributed by atoms with van der Waals surface area (Å²) in [7, 11) is 0. The molecular weight excluding hydrogens is 216 g/mol. The molecule has 0 aliphatic carbocycles. The van der Waals surface area contributed by atoms with Gasteiger partial charge < -0.3 is 19.3 Å². The minimum absolute atomic E-state index is 0.0235. The van der Waals surface area contributed by atoms with Gasteiger partial charge in [0.05, 0.1) is 0 Å². The third-order valence-corrected chi connectivity index (χ3v) is 2.21. The van der Waals surface area contributed by atoms with Crippen molar-refractivity contribution in [3.63, 3.8) is 0 Å². The quantitative estimate of drug-likeness (QED) is 0.688. The molecule has 92 valence electrons. The molecule has 1 N–H and O–H groups in total. The summed E-state index contributed by atoms with van der Waals surface area (Å²) in [5, 5.41) is 9.29. The number of rotatable bonds is 3. The lowest BCUT2D eigenvalue weighted by molar-refractivity contribution is -0.221. The second-order valence-electron chi connectivity index (χ2n) is 3.66. The molecule has 1 saturated heterocycles. The molecule has 16 heavy (non-hydrogen) atoms. The zero-order valence-electron chi connectivity index (χ0n) is 9.34. The summed E-state index contributed by atoms with van der Waals surface area (Å²) in [5.74, 6) is -0.858. The summed E-state index contributed by atoms with van der Waals surface area (Å²) in [6.45, 7) is 2.55. The van der Waals surface area contributed by atoms with Crippen molar-refractivity contribution in [3.05, 3.63) is 0 Å². The second-order valence-corrected chi connectivity index (χ2v) is 3.66. The summed E-state index contributed by atoms with van der Waals surface area (Å²) in [5.41, 5.74) is 0. The van der Waals surface area contributed by atoms with Crippen LogP contribution in [0.3, 0.4) is 0 Å². The molecule has 0 radical (unpaired) electrons. The van der Waals surface area contributed by atoms with Gasteiger partial charge in [-0.3, -0.25) is 9.59 Å². The predicted molar refractivity (Wildman–Crippen MR) is 52.3 cm³/mol. The highest BCUT2D eigenvalue weighted by Crippen LogP contribution is 2.21. The van der Waals surface area contributed by atoms with Gasteiger partial charge in [0.25, 0.3) is 0 Å². The zero-order valence-corrected chi connectivity index (χ0v) is 9.34. The number of carbonyl (C=O) groups is 2. The first-order valence-corrected chi connectivity index (χ1v) is 5.13. The molecule has 0 spiro atoms. The fourth-order valence-corrected chi connectivity index (χ4v) is 1.54. The van der Waals surface area contributed by atoms with E-state index in [9.17, 15) is 14.7 Å². The predicted octanol–water partition coefficient (Wildman–Crippen LogP) is -0.0214. The Morgan fingerprint density at radius 1 is 1.31 bits per heavy atom. The van der Waals surface area contributed by atoms with E-state index < -0.39 is 30.4 Å². The Kier molecular flexibility index (Phi) is 4.70. The standard InChI is InChI=1S/C10H16O6/c1-6(11)14-5-9-8(15-7(2)12)3-4-10(13)16-9/h8-10,13H,3-5H2,1-2H3/t8-,9?,10+/m0/s1. The highest BCUT2D eigenvalue weighted by Gasteiger charge is 2.33. The van der Waals surface area contributed by atoms with Crippen molar-refractivity contribution in [2.24, 2.45) is 0 Å². The SMILES string of the molecule is CC(=O)OCC1O[C@@H](O)CC[C@@H]1OC(C)=O. The number of aliphatic hydroxyl groups is 1. The fraction of sp³-hybridized carbons (Fsp3) is 0.800. The smallest absolute Gasteiger partial charge is 0.302 e. The van der Waals surface area contributed by atoms with Gasteiger partial charge in [-0.2, -0.15) is 0 Å². The van der Waals surface area contributed by atoms with E-state index in [0.29, 0.717) is 12.8 Å². The molecule has 1 rings (SSSR count). The van der Waals surface area contributed by atoms with Crippen molar-refractivity contribution in [2.45, 2.75) is 45.2 Å². The van der Waals surface area contributed by atoms with Gasteiger partial charge in [0.2, 0.25) is 0 Å². The van der Waals surface area contributed by atoms with Crippen molar-refractivity contribution >= 4 is 11.9 Å². The molecule has 0 aromatic heterocycles. The molecule has 0 aromatic rings. The summed E-state index contributed by atoms with van der Waals surface area (Å²) < 4.78 is 14.9. The maximum Gasteiger partial charge on any atom is 0.302 e. The minimum atomic E-state index is -0.896. The second kappa shape index (κ2) is 5.81. The van der Waals surface area contributed by atoms with Crippen molar-refractivity contribution in [3.8, 4) is 0 Å². The normalized spacial score (nSPS) is 29.6. The Morgan fingerprint density at radius 2 is 2.00 bits per heavy atom. The summed E-state index contributed by atoms with van der Waals surface area (Å²) in [6.07, 6.45) is -1.08. The average molecular weight is 232 g/mol. The van der Waals surface area contributed by atoms with Crippen molar-refractivity contribution < 1.29 is 28.9 Å². The van der Waals surface area contributed by atoms with Crippen LogP contribution in [-0.2, 0) is 23.8 Å². The molecule has 0 amide bonds. The lowest BCUT2D eigenvalue weighted by atomic mass is 10.1. The topological polar surface area (TPSA) is 82.1 Å². The number of ether oxygens (including phenoxy) is 3. The first kappa shape index (κ1) is 12.9. The van der Waals surface area contributed by atoms with Gasteiger partial charge in [0.15, 0.2) is 6.29 Å². The van der Waals surface area contributed by atoms with E-state index >= 15 is 0 Å². The highest BCUT2D eigenvalue weighted by atomic mass is 16.6. The van der Waals surface area contributed by atoms with Crippen LogP contribution in [0.25, 0.3) is 0 Å². The van der Waals surface area contributed by atoms with Gasteiger partial charge in [-0.15, -0.1) is 0 Å². The van der Waals surface area contributed by atoms with Crippen LogP contribution in [0.1, 0.15) is 26.7 Å². The van der Waals surface area contributed by atoms with Gasteiger partial charge in [-0.05, 0) is 6.42 Å². The van der Waals surface area contributed by atoms with Crippen LogP contribution < -0.4 is 0 Å². The zero-order chi connectivity index (χ0) is 12.1. The molecule has 0 aromatic carbocycles. The van der Waals surface area contributed by atoms with Crippen molar-refractivity contribution in [1.82, 2.24) is 0 Å². The molecule has 1 aliphatic rings. The van der Waals surface area contributed by atoms with Crippen molar-refractivity contribution in [1.29, 1.82) is 0 Å². The molecule has 1 aliphatic heterocycles. The van der Waals surface area contributed by atoms with E-state index in [0.717, 1.165) is 0 Å². The molecular formula is C10H16O6. The first-order valence-electron chi connectivity index (χ1n) is 5.13. The largest absolute Gasteiger partial charge is 0.463 e. The summed E-state index contributed by atoms with van der Waals surface area (Å²) in [4.78, 5) is 21.5. The van der Waals surface area contributed by atoms with Crippen LogP contribution in [-0.4, -0.2) is 42.1 Å². The lowest BCUT2D eigenvalue weighted by Gasteiger charge is -2.33. The molecule has 1 heterocycles. The third kappa shape index (κ3) is 4.16. The number of hydrogen-bond donors (Lipinski definition) is 1. The Balaban J connectivity index is 2.50. The monoisotopic (exact) mass is 232 g/mol. The van der Waals surface area contributed by atoms with Crippen LogP contribution in [0.15, 0.2) is 0 Å². The minimum Gasteiger partial charge on any atom is -0.463 e. The number of carbonyl (C=O) groups excluding carboxylic acids is 2. The van der Waals surface area contributed by atoms with E-state index in [-0.39, 0.29) is 6.61 Å². The van der Waals surface area contributed by atoms with Gasteiger partial charge in [0.1, 0.15) is 18.8 Å². The van der Waals surface area contributed by atoms with Crippen LogP contribution >= 0.6 is 0 Å². The van der Waals surface area contributed by atoms with Gasteiger partial charge in [0, 0.05) is 20.3 Å². The molecule has 1 fully saturated rings. The van der Waals surface area contributed by atoms with Crippen LogP contribution in [0.4, 0.5) is 0 Å². The van der Waals surface area contributed by atoms with E-state index in [1.54, 1.807) is 0 Å². The summed E-state index contributed by atoms with van der Waals surface area (Å²) >= 11 is 0. The molecule has 0 bridgehead atoms. The molecule has 6 heteroatoms. The first-order chi connectivity index (χ1) is 7.49. The number of aliphatic hydroxyl groups excluding tert-OH is 1. The summed E-state index contributed by atoms with van der Waals surface area (Å²) in [6, 6.07) is 0. The van der Waals surface area contributed by atoms with E-state index in [1.165, 1.54) is 13.8 Å². The Bertz CT molecular complexity index is 264. The third-order valence-electron chi connectivity index (χ3n) is 2.21. The van der Waals surface area contributed by atoms with Crippen LogP contribution in [0, 0.1) is 0 Å². The van der Waals surface area contributed by atoms with E-state index in [4.69, 9.17) is 14.2 Å². The maximum absolute atomic E-state index is 10.8. The van der Waals surface area contributed by atoms with Gasteiger partial charge >= 0.3 is 11.9 Å².